The number of carbonyl (C=O) groups excluding carboxylic acids is 2. The first-order chi connectivity index (χ1) is 12.3. The molecule has 0 radical (unpaired) electrons. The molecule has 0 aromatic heterocycles. The molecule has 0 aliphatic carbocycles. The molecule has 0 N–H and O–H groups in total. The molecule has 6 nitrogen and oxygen atoms in total. The molecular formula is C18H26BrO6P. The van der Waals surface area contributed by atoms with Gasteiger partial charge in [-0.25, -0.2) is 0 Å². The molecule has 0 spiro atoms. The number of ether oxygens (including phenoxy) is 1. The molecule has 1 atom stereocenters. The van der Waals surface area contributed by atoms with Gasteiger partial charge in [-0.3, -0.25) is 14.2 Å². The van der Waals surface area contributed by atoms with Crippen molar-refractivity contribution in [2.45, 2.75) is 46.1 Å². The maximum atomic E-state index is 12.6. The van der Waals surface area contributed by atoms with Crippen LogP contribution in [0.1, 0.15) is 51.7 Å². The van der Waals surface area contributed by atoms with Gasteiger partial charge in [0.1, 0.15) is 18.0 Å². The van der Waals surface area contributed by atoms with E-state index in [2.05, 4.69) is 15.9 Å². The summed E-state index contributed by atoms with van der Waals surface area (Å²) in [6.45, 7) is 5.62. The molecule has 1 aromatic rings. The fourth-order valence-corrected chi connectivity index (χ4v) is 4.53. The van der Waals surface area contributed by atoms with E-state index < -0.39 is 13.7 Å². The maximum absolute atomic E-state index is 12.6. The fraction of sp³-hybridized carbons (Fsp3) is 0.556. The van der Waals surface area contributed by atoms with Crippen molar-refractivity contribution in [2.75, 3.05) is 19.4 Å². The first-order valence-corrected chi connectivity index (χ1v) is 11.2. The van der Waals surface area contributed by atoms with E-state index in [-0.39, 0.29) is 44.0 Å². The van der Waals surface area contributed by atoms with Gasteiger partial charge >= 0.3 is 13.6 Å². The number of hydrogen-bond acceptors (Lipinski definition) is 6. The summed E-state index contributed by atoms with van der Waals surface area (Å²) in [7, 11) is -3.48. The topological polar surface area (TPSA) is 78.9 Å². The molecule has 0 fully saturated rings. The summed E-state index contributed by atoms with van der Waals surface area (Å²) in [5.41, 5.74) is 0.688. The van der Waals surface area contributed by atoms with Crippen LogP contribution < -0.4 is 0 Å². The highest BCUT2D eigenvalue weighted by atomic mass is 79.9. The van der Waals surface area contributed by atoms with Crippen molar-refractivity contribution in [2.24, 2.45) is 0 Å². The first-order valence-electron chi connectivity index (χ1n) is 8.68. The average molecular weight is 449 g/mol. The molecular weight excluding hydrogens is 423 g/mol. The Hall–Kier alpha value is -1.01. The third kappa shape index (κ3) is 7.70. The molecule has 0 saturated heterocycles. The van der Waals surface area contributed by atoms with Crippen molar-refractivity contribution in [1.82, 2.24) is 0 Å². The minimum absolute atomic E-state index is 0.0950. The predicted molar refractivity (Wildman–Crippen MR) is 103 cm³/mol. The van der Waals surface area contributed by atoms with Gasteiger partial charge in [-0.1, -0.05) is 41.1 Å². The van der Waals surface area contributed by atoms with Crippen LogP contribution in [0.15, 0.2) is 28.7 Å². The molecule has 0 heterocycles. The summed E-state index contributed by atoms with van der Waals surface area (Å²) in [4.78, 5) is 24.5. The number of ketones is 1. The Morgan fingerprint density at radius 2 is 1.73 bits per heavy atom. The van der Waals surface area contributed by atoms with E-state index in [0.29, 0.717) is 12.0 Å². The Balaban J connectivity index is 2.94. The Morgan fingerprint density at radius 3 is 2.27 bits per heavy atom. The Labute approximate surface area is 163 Å². The lowest BCUT2D eigenvalue weighted by Crippen LogP contribution is -2.18. The maximum Gasteiger partial charge on any atom is 0.338 e. The SMILES string of the molecule is CCCC(=O)O[C@H](CC(=O)CP(=O)(OCC)OCC)c1ccccc1Br. The second kappa shape index (κ2) is 11.7. The quantitative estimate of drug-likeness (QED) is 0.328. The number of esters is 1. The number of benzene rings is 1. The zero-order valence-corrected chi connectivity index (χ0v) is 17.9. The molecule has 0 bridgehead atoms. The monoisotopic (exact) mass is 448 g/mol. The lowest BCUT2D eigenvalue weighted by molar-refractivity contribution is -0.150. The van der Waals surface area contributed by atoms with Crippen molar-refractivity contribution < 1.29 is 27.9 Å². The zero-order valence-electron chi connectivity index (χ0n) is 15.4. The van der Waals surface area contributed by atoms with Crippen LogP contribution in [-0.4, -0.2) is 31.1 Å². The summed E-state index contributed by atoms with van der Waals surface area (Å²) in [5.74, 6) is -0.723. The van der Waals surface area contributed by atoms with Crippen LogP contribution in [-0.2, 0) is 27.9 Å². The van der Waals surface area contributed by atoms with E-state index in [4.69, 9.17) is 13.8 Å². The summed E-state index contributed by atoms with van der Waals surface area (Å²) in [6, 6.07) is 7.23. The van der Waals surface area contributed by atoms with Gasteiger partial charge in [-0.2, -0.15) is 0 Å². The van der Waals surface area contributed by atoms with Crippen LogP contribution in [0.25, 0.3) is 0 Å². The van der Waals surface area contributed by atoms with Crippen LogP contribution in [0.4, 0.5) is 0 Å². The van der Waals surface area contributed by atoms with Gasteiger partial charge in [0.15, 0.2) is 0 Å². The first kappa shape index (κ1) is 23.0. The van der Waals surface area contributed by atoms with Crippen molar-refractivity contribution >= 4 is 35.3 Å². The molecule has 1 aromatic carbocycles. The predicted octanol–water partition coefficient (Wildman–Crippen LogP) is 5.06. The van der Waals surface area contributed by atoms with Crippen LogP contribution in [0.2, 0.25) is 0 Å². The molecule has 1 rings (SSSR count). The summed E-state index contributed by atoms with van der Waals surface area (Å²) in [6.07, 6.45) is -0.276. The zero-order chi connectivity index (χ0) is 19.6. The van der Waals surface area contributed by atoms with Crippen LogP contribution in [0, 0.1) is 0 Å². The summed E-state index contributed by atoms with van der Waals surface area (Å²) >= 11 is 3.42. The van der Waals surface area contributed by atoms with Gasteiger partial charge in [-0.05, 0) is 26.3 Å². The minimum atomic E-state index is -3.48. The summed E-state index contributed by atoms with van der Waals surface area (Å²) in [5, 5.41) is 0. The Bertz CT molecular complexity index is 638. The van der Waals surface area contributed by atoms with E-state index in [9.17, 15) is 14.2 Å². The van der Waals surface area contributed by atoms with Gasteiger partial charge in [0.2, 0.25) is 0 Å². The van der Waals surface area contributed by atoms with Crippen molar-refractivity contribution in [3.63, 3.8) is 0 Å². The number of hydrogen-bond donors (Lipinski definition) is 0. The highest BCUT2D eigenvalue weighted by Crippen LogP contribution is 2.48. The van der Waals surface area contributed by atoms with Gasteiger partial charge in [0, 0.05) is 22.9 Å². The summed E-state index contributed by atoms with van der Waals surface area (Å²) < 4.78 is 29.1. The third-order valence-electron chi connectivity index (χ3n) is 3.41. The molecule has 26 heavy (non-hydrogen) atoms. The molecule has 0 unspecified atom stereocenters. The van der Waals surface area contributed by atoms with Crippen LogP contribution in [0.5, 0.6) is 0 Å². The molecule has 0 saturated carbocycles. The molecule has 0 amide bonds. The van der Waals surface area contributed by atoms with Crippen molar-refractivity contribution in [1.29, 1.82) is 0 Å². The van der Waals surface area contributed by atoms with Crippen LogP contribution in [0.3, 0.4) is 0 Å². The number of rotatable bonds is 12. The smallest absolute Gasteiger partial charge is 0.338 e. The number of carbonyl (C=O) groups is 2. The highest BCUT2D eigenvalue weighted by Gasteiger charge is 2.30. The minimum Gasteiger partial charge on any atom is -0.457 e. The molecule has 146 valence electrons. The van der Waals surface area contributed by atoms with Gasteiger partial charge in [0.05, 0.1) is 13.2 Å². The normalized spacial score (nSPS) is 12.6. The van der Waals surface area contributed by atoms with Crippen molar-refractivity contribution in [3.05, 3.63) is 34.3 Å². The molecule has 0 aliphatic heterocycles. The van der Waals surface area contributed by atoms with E-state index >= 15 is 0 Å². The standard InChI is InChI=1S/C18H26BrO6P/c1-4-9-18(21)25-17(15-10-7-8-11-16(15)19)12-14(20)13-26(22,23-5-2)24-6-3/h7-8,10-11,17H,4-6,9,12-13H2,1-3H3/t17-/m1/s1. The Morgan fingerprint density at radius 1 is 1.12 bits per heavy atom. The third-order valence-corrected chi connectivity index (χ3v) is 6.18. The van der Waals surface area contributed by atoms with E-state index in [0.717, 1.165) is 4.47 Å². The molecule has 8 heteroatoms. The number of halogens is 1. The second-order valence-electron chi connectivity index (χ2n) is 5.60. The van der Waals surface area contributed by atoms with Gasteiger partial charge in [-0.15, -0.1) is 0 Å². The van der Waals surface area contributed by atoms with E-state index in [1.807, 2.05) is 19.1 Å². The fourth-order valence-electron chi connectivity index (χ4n) is 2.38. The van der Waals surface area contributed by atoms with E-state index in [1.54, 1.807) is 26.0 Å². The van der Waals surface area contributed by atoms with Gasteiger partial charge < -0.3 is 13.8 Å². The van der Waals surface area contributed by atoms with E-state index in [1.165, 1.54) is 0 Å². The average Bonchev–Trinajstić information content (AvgIpc) is 2.55. The molecule has 0 aliphatic rings. The van der Waals surface area contributed by atoms with Crippen LogP contribution >= 0.6 is 23.5 Å². The van der Waals surface area contributed by atoms with Gasteiger partial charge in [0.25, 0.3) is 0 Å². The lowest BCUT2D eigenvalue weighted by atomic mass is 10.0. The highest BCUT2D eigenvalue weighted by molar-refractivity contribution is 9.10. The lowest BCUT2D eigenvalue weighted by Gasteiger charge is -2.21. The van der Waals surface area contributed by atoms with Crippen molar-refractivity contribution in [3.8, 4) is 0 Å². The second-order valence-corrected chi connectivity index (χ2v) is 8.51. The largest absolute Gasteiger partial charge is 0.457 e. The Kier molecular flexibility index (Phi) is 10.3. The number of Topliss-reactive ketones (excluding diaryl/α,β-unsaturated/α-hetero) is 1.